The van der Waals surface area contributed by atoms with Crippen molar-refractivity contribution in [2.45, 2.75) is 168 Å². The lowest BCUT2D eigenvalue weighted by molar-refractivity contribution is -0.310. The Bertz CT molecular complexity index is 1940. The van der Waals surface area contributed by atoms with Gasteiger partial charge < -0.3 is 61.6 Å². The first kappa shape index (κ1) is 51.8. The zero-order chi connectivity index (χ0) is 48.9. The van der Waals surface area contributed by atoms with Crippen molar-refractivity contribution in [3.63, 3.8) is 0 Å². The van der Waals surface area contributed by atoms with E-state index in [2.05, 4.69) is 20.6 Å². The third kappa shape index (κ3) is 15.7. The molecule has 67 heavy (non-hydrogen) atoms. The Morgan fingerprint density at radius 1 is 0.478 bits per heavy atom. The van der Waals surface area contributed by atoms with Crippen LogP contribution in [0.2, 0.25) is 0 Å². The van der Waals surface area contributed by atoms with Crippen molar-refractivity contribution < 1.29 is 99.9 Å². The molecule has 0 aliphatic carbocycles. The highest BCUT2D eigenvalue weighted by Crippen LogP contribution is 2.32. The Morgan fingerprint density at radius 2 is 0.806 bits per heavy atom. The molecule has 0 saturated carbocycles. The molecule has 2 aromatic heterocycles. The summed E-state index contributed by atoms with van der Waals surface area (Å²) < 4.78 is 76.0. The van der Waals surface area contributed by atoms with Gasteiger partial charge in [-0.25, -0.2) is 9.36 Å². The predicted octanol–water partition coefficient (Wildman–Crippen LogP) is -0.683. The number of rotatable bonds is 20. The van der Waals surface area contributed by atoms with Crippen LogP contribution in [0.25, 0.3) is 0 Å². The highest BCUT2D eigenvalue weighted by Gasteiger charge is 2.54. The average Bonchev–Trinajstić information content (AvgIpc) is 3.99. The lowest BCUT2D eigenvalue weighted by Gasteiger charge is -2.43. The molecular formula is C40H54N6O21. The van der Waals surface area contributed by atoms with Gasteiger partial charge in [0.15, 0.2) is 49.2 Å². The highest BCUT2D eigenvalue weighted by atomic mass is 16.7. The Kier molecular flexibility index (Phi) is 18.6. The van der Waals surface area contributed by atoms with Gasteiger partial charge in [0.2, 0.25) is 0 Å². The minimum Gasteiger partial charge on any atom is -0.463 e. The Morgan fingerprint density at radius 3 is 1.13 bits per heavy atom. The van der Waals surface area contributed by atoms with Crippen molar-refractivity contribution in [2.75, 3.05) is 13.2 Å². The lowest BCUT2D eigenvalue weighted by atomic mass is 9.98. The number of hydrogen-bond donors (Lipinski definition) is 0. The minimum absolute atomic E-state index is 0.228. The monoisotopic (exact) mass is 954 g/mol. The second-order valence-electron chi connectivity index (χ2n) is 15.6. The average molecular weight is 955 g/mol. The van der Waals surface area contributed by atoms with Crippen molar-refractivity contribution in [3.8, 4) is 0 Å². The molecular weight excluding hydrogens is 900 g/mol. The van der Waals surface area contributed by atoms with Gasteiger partial charge in [0.1, 0.15) is 36.8 Å². The van der Waals surface area contributed by atoms with E-state index in [1.165, 1.54) is 0 Å². The van der Waals surface area contributed by atoms with Crippen LogP contribution in [0, 0.1) is 0 Å². The molecule has 0 spiro atoms. The van der Waals surface area contributed by atoms with Gasteiger partial charge in [-0.15, -0.1) is 10.2 Å². The van der Waals surface area contributed by atoms with E-state index in [0.717, 1.165) is 55.4 Å². The van der Waals surface area contributed by atoms with Crippen LogP contribution in [-0.2, 0) is 126 Å². The Hall–Kier alpha value is -6.16. The van der Waals surface area contributed by atoms with Gasteiger partial charge in [0.25, 0.3) is 0 Å². The predicted molar refractivity (Wildman–Crippen MR) is 211 cm³/mol. The van der Waals surface area contributed by atoms with Gasteiger partial charge in [0.05, 0.1) is 50.9 Å². The van der Waals surface area contributed by atoms with Crippen molar-refractivity contribution in [3.05, 3.63) is 23.8 Å². The van der Waals surface area contributed by atoms with Crippen molar-refractivity contribution in [2.24, 2.45) is 0 Å². The summed E-state index contributed by atoms with van der Waals surface area (Å²) in [6, 6.07) is 0. The summed E-state index contributed by atoms with van der Waals surface area (Å²) in [6.07, 6.45) is -9.47. The minimum atomic E-state index is -1.41. The molecule has 0 aromatic carbocycles. The van der Waals surface area contributed by atoms with Crippen LogP contribution in [0.15, 0.2) is 12.4 Å². The van der Waals surface area contributed by atoms with Gasteiger partial charge in [-0.2, -0.15) is 0 Å². The SMILES string of the molecule is CC(=O)OCC1OC(OCc2cn(C[C@H]3CC[C@H](Cn4cc(COC5OC(COC(C)=O)C(OC(C)=O)C(OC(C)=O)C5OC(C)=O)nn4)O3)nn2)C(OC(C)=O)C(OC(C)=O)C1OC(C)=O. The van der Waals surface area contributed by atoms with Gasteiger partial charge >= 0.3 is 47.8 Å². The molecule has 5 rings (SSSR count). The maximum atomic E-state index is 12.2. The smallest absolute Gasteiger partial charge is 0.303 e. The van der Waals surface area contributed by atoms with Crippen LogP contribution in [0.3, 0.4) is 0 Å². The summed E-state index contributed by atoms with van der Waals surface area (Å²) in [5.41, 5.74) is 0.673. The summed E-state index contributed by atoms with van der Waals surface area (Å²) in [6.45, 7) is 8.37. The fraction of sp³-hybridized carbons (Fsp3) is 0.700. The van der Waals surface area contributed by atoms with Crippen molar-refractivity contribution >= 4 is 47.8 Å². The van der Waals surface area contributed by atoms with E-state index in [1.54, 1.807) is 21.8 Å². The van der Waals surface area contributed by atoms with Gasteiger partial charge in [0, 0.05) is 55.4 Å². The van der Waals surface area contributed by atoms with Crippen LogP contribution in [0.4, 0.5) is 0 Å². The van der Waals surface area contributed by atoms with E-state index in [4.69, 9.17) is 61.6 Å². The molecule has 3 aliphatic heterocycles. The second-order valence-corrected chi connectivity index (χ2v) is 15.6. The van der Waals surface area contributed by atoms with Crippen molar-refractivity contribution in [1.82, 2.24) is 30.0 Å². The second kappa shape index (κ2) is 24.0. The number of ether oxygens (including phenoxy) is 13. The zero-order valence-electron chi connectivity index (χ0n) is 38.0. The molecule has 2 aromatic rings. The van der Waals surface area contributed by atoms with Gasteiger partial charge in [-0.05, 0) is 12.8 Å². The third-order valence-electron chi connectivity index (χ3n) is 9.84. The fourth-order valence-electron chi connectivity index (χ4n) is 7.43. The molecule has 5 heterocycles. The molecule has 3 saturated heterocycles. The van der Waals surface area contributed by atoms with E-state index in [0.29, 0.717) is 37.3 Å². The van der Waals surface area contributed by atoms with E-state index in [9.17, 15) is 38.4 Å². The Labute approximate surface area is 382 Å². The van der Waals surface area contributed by atoms with Gasteiger partial charge in [-0.1, -0.05) is 10.4 Å². The fourth-order valence-corrected chi connectivity index (χ4v) is 7.43. The standard InChI is InChI=1S/C40H54N6O21/c1-19(47)55-17-31-33(59-21(3)49)35(61-23(5)51)37(63-25(7)53)39(66-31)57-15-27-11-45(43-41-27)13-29-9-10-30(65-29)14-46-12-28(42-44-46)16-58-40-38(64-26(8)54)36(62-24(6)52)34(60-22(4)50)32(67-40)18-56-20(2)48/h11-12,29-40H,9-10,13-18H2,1-8H3/t29-,30-,31?,32?,33?,34?,35?,36?,37?,38?,39?,40?/m1/s1. The first-order chi connectivity index (χ1) is 31.7. The molecule has 370 valence electrons. The van der Waals surface area contributed by atoms with E-state index < -0.39 is 122 Å². The molecule has 10 unspecified atom stereocenters. The quantitative estimate of drug-likeness (QED) is 0.117. The van der Waals surface area contributed by atoms with E-state index in [1.807, 2.05) is 0 Å². The Balaban J connectivity index is 1.17. The zero-order valence-corrected chi connectivity index (χ0v) is 38.0. The molecule has 0 N–H and O–H groups in total. The number of nitrogens with zero attached hydrogens (tertiary/aromatic N) is 6. The van der Waals surface area contributed by atoms with Crippen LogP contribution in [0.5, 0.6) is 0 Å². The normalized spacial score (nSPS) is 28.1. The number of hydrogen-bond acceptors (Lipinski definition) is 25. The molecule has 0 bridgehead atoms. The summed E-state index contributed by atoms with van der Waals surface area (Å²) in [5.74, 6) is -5.97. The molecule has 12 atom stereocenters. The van der Waals surface area contributed by atoms with E-state index in [-0.39, 0.29) is 25.4 Å². The largest absolute Gasteiger partial charge is 0.463 e. The first-order valence-electron chi connectivity index (χ1n) is 21.0. The molecule has 3 aliphatic rings. The summed E-state index contributed by atoms with van der Waals surface area (Å²) >= 11 is 0. The lowest BCUT2D eigenvalue weighted by Crippen LogP contribution is -2.62. The number of esters is 8. The van der Waals surface area contributed by atoms with Crippen LogP contribution < -0.4 is 0 Å². The molecule has 3 fully saturated rings. The third-order valence-corrected chi connectivity index (χ3v) is 9.84. The highest BCUT2D eigenvalue weighted by molar-refractivity contribution is 5.70. The summed E-state index contributed by atoms with van der Waals surface area (Å²) in [7, 11) is 0. The maximum absolute atomic E-state index is 12.2. The summed E-state index contributed by atoms with van der Waals surface area (Å²) in [4.78, 5) is 95.9. The summed E-state index contributed by atoms with van der Waals surface area (Å²) in [5, 5.41) is 16.7. The first-order valence-corrected chi connectivity index (χ1v) is 21.0. The molecule has 27 heteroatoms. The van der Waals surface area contributed by atoms with Gasteiger partial charge in [-0.3, -0.25) is 38.4 Å². The molecule has 0 radical (unpaired) electrons. The van der Waals surface area contributed by atoms with Crippen LogP contribution >= 0.6 is 0 Å². The van der Waals surface area contributed by atoms with Crippen molar-refractivity contribution in [1.29, 1.82) is 0 Å². The number of carbonyl (C=O) groups excluding carboxylic acids is 8. The maximum Gasteiger partial charge on any atom is 0.303 e. The van der Waals surface area contributed by atoms with Crippen LogP contribution in [0.1, 0.15) is 79.6 Å². The van der Waals surface area contributed by atoms with E-state index >= 15 is 0 Å². The molecule has 27 nitrogen and oxygen atoms in total. The number of carbonyl (C=O) groups is 8. The molecule has 0 amide bonds. The number of aromatic nitrogens is 6. The van der Waals surface area contributed by atoms with Crippen LogP contribution in [-0.4, -0.2) is 165 Å². The topological polar surface area (TPSA) is 318 Å².